The second-order valence-corrected chi connectivity index (χ2v) is 9.16. The average molecular weight is 536 g/mol. The number of carbonyl (C=O) groups is 1. The van der Waals surface area contributed by atoms with E-state index in [-0.39, 0.29) is 25.2 Å². The number of pyridine rings is 1. The van der Waals surface area contributed by atoms with E-state index in [1.165, 1.54) is 13.3 Å². The van der Waals surface area contributed by atoms with Crippen LogP contribution in [0.1, 0.15) is 30.4 Å². The lowest BCUT2D eigenvalue weighted by Crippen LogP contribution is -2.47. The van der Waals surface area contributed by atoms with E-state index in [1.807, 2.05) is 17.0 Å². The van der Waals surface area contributed by atoms with Crippen molar-refractivity contribution in [2.24, 2.45) is 0 Å². The summed E-state index contributed by atoms with van der Waals surface area (Å²) in [5.41, 5.74) is -2.74. The van der Waals surface area contributed by atoms with Crippen molar-refractivity contribution in [3.63, 3.8) is 0 Å². The Bertz CT molecular complexity index is 1210. The monoisotopic (exact) mass is 535 g/mol. The van der Waals surface area contributed by atoms with Crippen LogP contribution in [-0.4, -0.2) is 84.1 Å². The Hall–Kier alpha value is -3.70. The highest BCUT2D eigenvalue weighted by Crippen LogP contribution is 2.32. The third-order valence-electron chi connectivity index (χ3n) is 6.66. The average Bonchev–Trinajstić information content (AvgIpc) is 3.27. The predicted molar refractivity (Wildman–Crippen MR) is 129 cm³/mol. The highest BCUT2D eigenvalue weighted by molar-refractivity contribution is 5.83. The predicted octanol–water partition coefficient (Wildman–Crippen LogP) is 1.77. The topological polar surface area (TPSA) is 136 Å². The van der Waals surface area contributed by atoms with Crippen LogP contribution in [0.4, 0.5) is 24.7 Å². The molecule has 4 rings (SSSR count). The number of nitrogens with zero attached hydrogens (tertiary/aromatic N) is 5. The number of methoxy groups -OCH3 is 1. The van der Waals surface area contributed by atoms with E-state index >= 15 is 0 Å². The molecule has 38 heavy (non-hydrogen) atoms. The van der Waals surface area contributed by atoms with Gasteiger partial charge in [0, 0.05) is 45.4 Å². The number of halogens is 3. The highest BCUT2D eigenvalue weighted by atomic mass is 19.4. The van der Waals surface area contributed by atoms with Gasteiger partial charge in [0.1, 0.15) is 23.6 Å². The Morgan fingerprint density at radius 3 is 2.58 bits per heavy atom. The smallest absolute Gasteiger partial charge is 0.382 e. The van der Waals surface area contributed by atoms with Crippen molar-refractivity contribution in [2.75, 3.05) is 50.2 Å². The van der Waals surface area contributed by atoms with E-state index in [0.717, 1.165) is 24.9 Å². The fraction of sp³-hybridized carbons (Fsp3) is 0.542. The number of carbonyl (C=O) groups excluding carboxylic acids is 1. The maximum Gasteiger partial charge on any atom is 0.423 e. The van der Waals surface area contributed by atoms with Gasteiger partial charge < -0.3 is 24.6 Å². The first-order chi connectivity index (χ1) is 18.2. The normalized spacial score (nSPS) is 19.4. The molecule has 2 unspecified atom stereocenters. The zero-order chi connectivity index (χ0) is 27.3. The number of anilines is 2. The Balaban J connectivity index is 1.32. The van der Waals surface area contributed by atoms with E-state index in [1.54, 1.807) is 11.2 Å². The van der Waals surface area contributed by atoms with E-state index in [0.29, 0.717) is 31.6 Å². The molecule has 2 aliphatic heterocycles. The number of hydrogen-bond acceptors (Lipinski definition) is 9. The van der Waals surface area contributed by atoms with Crippen molar-refractivity contribution in [3.8, 4) is 6.07 Å². The molecular formula is C24H28F3N7O4. The number of ether oxygens (including phenoxy) is 2. The third-order valence-corrected chi connectivity index (χ3v) is 6.66. The summed E-state index contributed by atoms with van der Waals surface area (Å²) in [5.74, 6) is 0.641. The summed E-state index contributed by atoms with van der Waals surface area (Å²) in [6.45, 7) is 1.83. The van der Waals surface area contributed by atoms with Crippen LogP contribution >= 0.6 is 0 Å². The molecule has 2 aromatic rings. The first-order valence-corrected chi connectivity index (χ1v) is 12.1. The largest absolute Gasteiger partial charge is 0.423 e. The van der Waals surface area contributed by atoms with Crippen LogP contribution in [-0.2, 0) is 20.4 Å². The van der Waals surface area contributed by atoms with Crippen LogP contribution in [0, 0.1) is 11.3 Å². The minimum atomic E-state index is -4.88. The van der Waals surface area contributed by atoms with Crippen LogP contribution < -0.4 is 15.8 Å². The standard InChI is InChI=1S/C24H28F3N7O4/c1-37-13-16(31-18-12-30-32-22(35)21(18)24(25,26)27)14-38-19-6-9-34(23(19)36)17-4-7-33(8-5-17)20-3-2-15(10-28)11-29-20/h2-3,11-12,16-17,19H,4-9,13-14H2,1H3,(H2,31,32,35). The Morgan fingerprint density at radius 1 is 1.18 bits per heavy atom. The number of rotatable bonds is 9. The van der Waals surface area contributed by atoms with Gasteiger partial charge >= 0.3 is 6.18 Å². The minimum Gasteiger partial charge on any atom is -0.382 e. The first kappa shape index (κ1) is 27.3. The van der Waals surface area contributed by atoms with Gasteiger partial charge in [-0.15, -0.1) is 0 Å². The van der Waals surface area contributed by atoms with Gasteiger partial charge in [-0.2, -0.15) is 23.5 Å². The quantitative estimate of drug-likeness (QED) is 0.492. The molecule has 2 fully saturated rings. The molecule has 1 amide bonds. The minimum absolute atomic E-state index is 0.0173. The summed E-state index contributed by atoms with van der Waals surface area (Å²) < 4.78 is 51.1. The van der Waals surface area contributed by atoms with Gasteiger partial charge in [0.05, 0.1) is 36.7 Å². The fourth-order valence-electron chi connectivity index (χ4n) is 4.81. The van der Waals surface area contributed by atoms with E-state index in [2.05, 4.69) is 20.3 Å². The number of amides is 1. The molecule has 0 aliphatic carbocycles. The lowest BCUT2D eigenvalue weighted by atomic mass is 10.0. The molecule has 14 heteroatoms. The third kappa shape index (κ3) is 6.22. The number of H-pyrrole nitrogens is 1. The number of nitriles is 1. The summed E-state index contributed by atoms with van der Waals surface area (Å²) in [5, 5.41) is 16.8. The van der Waals surface area contributed by atoms with Gasteiger partial charge in [-0.25, -0.2) is 10.1 Å². The molecule has 0 radical (unpaired) electrons. The molecule has 0 spiro atoms. The molecule has 0 aromatic carbocycles. The lowest BCUT2D eigenvalue weighted by molar-refractivity contribution is -0.139. The number of nitrogens with one attached hydrogen (secondary N) is 2. The first-order valence-electron chi connectivity index (χ1n) is 12.1. The highest BCUT2D eigenvalue weighted by Gasteiger charge is 2.39. The molecule has 4 heterocycles. The summed E-state index contributed by atoms with van der Waals surface area (Å²) >= 11 is 0. The van der Waals surface area contributed by atoms with Crippen LogP contribution in [0.25, 0.3) is 0 Å². The molecule has 2 atom stereocenters. The number of piperidine rings is 1. The number of aromatic amines is 1. The Labute approximate surface area is 216 Å². The SMILES string of the molecule is COCC(COC1CCN(C2CCN(c3ccc(C#N)cn3)CC2)C1=O)Nc1cn[nH]c(=O)c1C(F)(F)F. The second-order valence-electron chi connectivity index (χ2n) is 9.16. The van der Waals surface area contributed by atoms with Crippen molar-refractivity contribution in [2.45, 2.75) is 43.6 Å². The Kier molecular flexibility index (Phi) is 8.48. The van der Waals surface area contributed by atoms with Gasteiger partial charge in [0.15, 0.2) is 0 Å². The fourth-order valence-corrected chi connectivity index (χ4v) is 4.81. The van der Waals surface area contributed by atoms with Gasteiger partial charge in [0.25, 0.3) is 11.5 Å². The molecule has 2 N–H and O–H groups in total. The van der Waals surface area contributed by atoms with Crippen LogP contribution in [0.15, 0.2) is 29.3 Å². The molecule has 0 bridgehead atoms. The van der Waals surface area contributed by atoms with E-state index in [4.69, 9.17) is 14.7 Å². The lowest BCUT2D eigenvalue weighted by Gasteiger charge is -2.37. The molecule has 2 saturated heterocycles. The maximum atomic E-state index is 13.4. The summed E-state index contributed by atoms with van der Waals surface area (Å²) in [4.78, 5) is 33.1. The summed E-state index contributed by atoms with van der Waals surface area (Å²) in [6.07, 6.45) is -1.20. The zero-order valence-electron chi connectivity index (χ0n) is 20.7. The van der Waals surface area contributed by atoms with Gasteiger partial charge in [-0.3, -0.25) is 9.59 Å². The van der Waals surface area contributed by atoms with Crippen molar-refractivity contribution < 1.29 is 27.4 Å². The van der Waals surface area contributed by atoms with E-state index in [9.17, 15) is 22.8 Å². The van der Waals surface area contributed by atoms with Crippen molar-refractivity contribution >= 4 is 17.4 Å². The van der Waals surface area contributed by atoms with Crippen molar-refractivity contribution in [3.05, 3.63) is 46.0 Å². The Morgan fingerprint density at radius 2 is 1.95 bits per heavy atom. The zero-order valence-corrected chi connectivity index (χ0v) is 20.7. The number of aromatic nitrogens is 3. The molecule has 2 aliphatic rings. The number of likely N-dealkylation sites (tertiary alicyclic amines) is 1. The van der Waals surface area contributed by atoms with Crippen LogP contribution in [0.5, 0.6) is 0 Å². The van der Waals surface area contributed by atoms with Crippen LogP contribution in [0.2, 0.25) is 0 Å². The number of alkyl halides is 3. The molecule has 204 valence electrons. The molecular weight excluding hydrogens is 507 g/mol. The van der Waals surface area contributed by atoms with Gasteiger partial charge in [0.2, 0.25) is 0 Å². The molecule has 0 saturated carbocycles. The molecule has 2 aromatic heterocycles. The summed E-state index contributed by atoms with van der Waals surface area (Å²) in [6, 6.07) is 4.88. The second kappa shape index (κ2) is 11.8. The van der Waals surface area contributed by atoms with Crippen molar-refractivity contribution in [1.82, 2.24) is 20.1 Å². The van der Waals surface area contributed by atoms with E-state index < -0.39 is 35.1 Å². The van der Waals surface area contributed by atoms with Gasteiger partial charge in [-0.05, 0) is 25.0 Å². The van der Waals surface area contributed by atoms with Crippen LogP contribution in [0.3, 0.4) is 0 Å². The van der Waals surface area contributed by atoms with Gasteiger partial charge in [-0.1, -0.05) is 0 Å². The molecule has 11 nitrogen and oxygen atoms in total. The summed E-state index contributed by atoms with van der Waals surface area (Å²) in [7, 11) is 1.39. The maximum absolute atomic E-state index is 13.4. The number of hydrogen-bond donors (Lipinski definition) is 2. The van der Waals surface area contributed by atoms with Crippen molar-refractivity contribution in [1.29, 1.82) is 5.26 Å².